The molecule has 0 spiro atoms. The van der Waals surface area contributed by atoms with Crippen LogP contribution in [0.3, 0.4) is 0 Å². The standard InChI is InChI=1S/C16H13F6N3O.HI/c17-10-7-9(8-11(18)14(10)19)5-6-24-15(23)25-12-3-1-2-4-13(12)26-16(20,21)22;/h1-4,7-8H,5-6H2,(H3,23,24,25);1H. The van der Waals surface area contributed by atoms with Gasteiger partial charge in [-0.25, -0.2) is 13.2 Å². The zero-order valence-corrected chi connectivity index (χ0v) is 15.8. The largest absolute Gasteiger partial charge is 0.573 e. The minimum absolute atomic E-state index is 0. The summed E-state index contributed by atoms with van der Waals surface area (Å²) in [4.78, 5) is 3.84. The normalized spacial score (nSPS) is 11.7. The fourth-order valence-corrected chi connectivity index (χ4v) is 2.02. The van der Waals surface area contributed by atoms with Gasteiger partial charge in [0.15, 0.2) is 29.2 Å². The van der Waals surface area contributed by atoms with Crippen molar-refractivity contribution in [3.63, 3.8) is 0 Å². The molecular formula is C16H14F6IN3O. The summed E-state index contributed by atoms with van der Waals surface area (Å²) in [5, 5.41) is 2.45. The molecule has 0 radical (unpaired) electrons. The highest BCUT2D eigenvalue weighted by Crippen LogP contribution is 2.29. The number of nitrogens with zero attached hydrogens (tertiary/aromatic N) is 1. The maximum Gasteiger partial charge on any atom is 0.573 e. The molecule has 0 aliphatic carbocycles. The molecule has 3 N–H and O–H groups in total. The van der Waals surface area contributed by atoms with E-state index in [9.17, 15) is 26.3 Å². The molecule has 0 aromatic heterocycles. The molecule has 0 fully saturated rings. The van der Waals surface area contributed by atoms with Crippen molar-refractivity contribution in [2.24, 2.45) is 10.7 Å². The predicted molar refractivity (Wildman–Crippen MR) is 98.7 cm³/mol. The van der Waals surface area contributed by atoms with E-state index in [0.717, 1.165) is 18.2 Å². The lowest BCUT2D eigenvalue weighted by molar-refractivity contribution is -0.274. The Kier molecular flexibility index (Phi) is 8.19. The first-order valence-corrected chi connectivity index (χ1v) is 7.21. The van der Waals surface area contributed by atoms with Crippen LogP contribution in [0.25, 0.3) is 0 Å². The van der Waals surface area contributed by atoms with Crippen LogP contribution >= 0.6 is 24.0 Å². The molecule has 4 nitrogen and oxygen atoms in total. The van der Waals surface area contributed by atoms with Crippen molar-refractivity contribution in [1.82, 2.24) is 0 Å². The van der Waals surface area contributed by atoms with E-state index in [1.807, 2.05) is 0 Å². The third kappa shape index (κ3) is 7.15. The fraction of sp³-hybridized carbons (Fsp3) is 0.188. The van der Waals surface area contributed by atoms with Crippen LogP contribution in [0.5, 0.6) is 5.75 Å². The monoisotopic (exact) mass is 505 g/mol. The van der Waals surface area contributed by atoms with Crippen LogP contribution in [0.2, 0.25) is 0 Å². The molecule has 0 amide bonds. The first kappa shape index (κ1) is 22.9. The van der Waals surface area contributed by atoms with Gasteiger partial charge in [0.25, 0.3) is 0 Å². The molecular weight excluding hydrogens is 491 g/mol. The van der Waals surface area contributed by atoms with Crippen molar-refractivity contribution < 1.29 is 31.1 Å². The molecule has 2 aromatic carbocycles. The molecule has 148 valence electrons. The van der Waals surface area contributed by atoms with Crippen LogP contribution in [0.1, 0.15) is 5.56 Å². The van der Waals surface area contributed by atoms with E-state index in [1.54, 1.807) is 0 Å². The zero-order valence-electron chi connectivity index (χ0n) is 13.5. The van der Waals surface area contributed by atoms with Crippen molar-refractivity contribution in [1.29, 1.82) is 0 Å². The van der Waals surface area contributed by atoms with Crippen LogP contribution in [0, 0.1) is 17.5 Å². The van der Waals surface area contributed by atoms with Gasteiger partial charge in [0.2, 0.25) is 0 Å². The van der Waals surface area contributed by atoms with Crippen LogP contribution in [0.4, 0.5) is 32.0 Å². The summed E-state index contributed by atoms with van der Waals surface area (Å²) in [6.07, 6.45) is -4.84. The van der Waals surface area contributed by atoms with E-state index in [-0.39, 0.29) is 54.2 Å². The number of halogens is 7. The van der Waals surface area contributed by atoms with Crippen molar-refractivity contribution in [3.8, 4) is 5.75 Å². The van der Waals surface area contributed by atoms with E-state index < -0.39 is 29.6 Å². The Morgan fingerprint density at radius 3 is 2.26 bits per heavy atom. The highest BCUT2D eigenvalue weighted by atomic mass is 127. The average Bonchev–Trinajstić information content (AvgIpc) is 2.53. The molecule has 0 saturated carbocycles. The Hall–Kier alpha value is -2.18. The first-order chi connectivity index (χ1) is 12.2. The number of hydrogen-bond acceptors (Lipinski definition) is 2. The Morgan fingerprint density at radius 1 is 1.07 bits per heavy atom. The molecule has 2 rings (SSSR count). The minimum atomic E-state index is -4.87. The second kappa shape index (κ2) is 9.67. The number of benzene rings is 2. The molecule has 0 heterocycles. The number of alkyl halides is 3. The molecule has 0 atom stereocenters. The molecule has 0 aliphatic rings. The van der Waals surface area contributed by atoms with Gasteiger partial charge in [0.1, 0.15) is 0 Å². The lowest BCUT2D eigenvalue weighted by Gasteiger charge is -2.14. The van der Waals surface area contributed by atoms with E-state index in [0.29, 0.717) is 0 Å². The quantitative estimate of drug-likeness (QED) is 0.206. The Morgan fingerprint density at radius 2 is 1.67 bits per heavy atom. The van der Waals surface area contributed by atoms with Crippen molar-refractivity contribution >= 4 is 35.6 Å². The second-order valence-corrected chi connectivity index (χ2v) is 5.06. The molecule has 27 heavy (non-hydrogen) atoms. The number of rotatable bonds is 5. The maximum atomic E-state index is 13.1. The number of guanidine groups is 1. The number of nitrogens with two attached hydrogens (primary N) is 1. The number of ether oxygens (including phenoxy) is 1. The van der Waals surface area contributed by atoms with Crippen molar-refractivity contribution in [3.05, 3.63) is 59.4 Å². The van der Waals surface area contributed by atoms with Crippen LogP contribution < -0.4 is 15.8 Å². The SMILES string of the molecule is I.NC(=NCCc1cc(F)c(F)c(F)c1)Nc1ccccc1OC(F)(F)F. The third-order valence-corrected chi connectivity index (χ3v) is 3.10. The van der Waals surface area contributed by atoms with Crippen molar-refractivity contribution in [2.45, 2.75) is 12.8 Å². The smallest absolute Gasteiger partial charge is 0.404 e. The topological polar surface area (TPSA) is 59.6 Å². The van der Waals surface area contributed by atoms with E-state index in [2.05, 4.69) is 15.0 Å². The van der Waals surface area contributed by atoms with Gasteiger partial charge < -0.3 is 15.8 Å². The Labute approximate surface area is 167 Å². The highest BCUT2D eigenvalue weighted by molar-refractivity contribution is 14.0. The van der Waals surface area contributed by atoms with E-state index >= 15 is 0 Å². The molecule has 11 heteroatoms. The first-order valence-electron chi connectivity index (χ1n) is 7.21. The van der Waals surface area contributed by atoms with Crippen LogP contribution in [0.15, 0.2) is 41.4 Å². The Balaban J connectivity index is 0.00000364. The summed E-state index contributed by atoms with van der Waals surface area (Å²) < 4.78 is 79.9. The summed E-state index contributed by atoms with van der Waals surface area (Å²) in [7, 11) is 0. The second-order valence-electron chi connectivity index (χ2n) is 5.06. The lowest BCUT2D eigenvalue weighted by atomic mass is 10.1. The minimum Gasteiger partial charge on any atom is -0.404 e. The van der Waals surface area contributed by atoms with Gasteiger partial charge in [-0.15, -0.1) is 37.1 Å². The molecule has 0 bridgehead atoms. The molecule has 0 saturated heterocycles. The van der Waals surface area contributed by atoms with E-state index in [4.69, 9.17) is 5.73 Å². The molecule has 0 aliphatic heterocycles. The summed E-state index contributed by atoms with van der Waals surface area (Å²) in [5.74, 6) is -4.95. The fourth-order valence-electron chi connectivity index (χ4n) is 2.02. The Bertz CT molecular complexity index is 790. The zero-order chi connectivity index (χ0) is 19.3. The summed E-state index contributed by atoms with van der Waals surface area (Å²) in [6.45, 7) is -0.0361. The van der Waals surface area contributed by atoms with Gasteiger partial charge in [-0.3, -0.25) is 4.99 Å². The van der Waals surface area contributed by atoms with Crippen LogP contribution in [-0.4, -0.2) is 18.9 Å². The van der Waals surface area contributed by atoms with E-state index in [1.165, 1.54) is 18.2 Å². The maximum absolute atomic E-state index is 13.1. The van der Waals surface area contributed by atoms with Crippen molar-refractivity contribution in [2.75, 3.05) is 11.9 Å². The third-order valence-electron chi connectivity index (χ3n) is 3.10. The summed E-state index contributed by atoms with van der Waals surface area (Å²) in [6, 6.07) is 6.84. The molecule has 2 aromatic rings. The van der Waals surface area contributed by atoms with Crippen LogP contribution in [-0.2, 0) is 6.42 Å². The molecule has 0 unspecified atom stereocenters. The highest BCUT2D eigenvalue weighted by Gasteiger charge is 2.32. The van der Waals surface area contributed by atoms with Gasteiger partial charge >= 0.3 is 6.36 Å². The number of nitrogens with one attached hydrogen (secondary N) is 1. The van der Waals surface area contributed by atoms with Gasteiger partial charge in [0.05, 0.1) is 5.69 Å². The average molecular weight is 505 g/mol. The number of para-hydroxylation sites is 2. The lowest BCUT2D eigenvalue weighted by Crippen LogP contribution is -2.24. The van der Waals surface area contributed by atoms with Gasteiger partial charge in [-0.05, 0) is 36.2 Å². The number of hydrogen-bond donors (Lipinski definition) is 2. The summed E-state index contributed by atoms with van der Waals surface area (Å²) >= 11 is 0. The van der Waals surface area contributed by atoms with Gasteiger partial charge in [-0.2, -0.15) is 0 Å². The summed E-state index contributed by atoms with van der Waals surface area (Å²) in [5.41, 5.74) is 5.67. The van der Waals surface area contributed by atoms with Gasteiger partial charge in [-0.1, -0.05) is 12.1 Å². The number of aliphatic imine (C=N–C) groups is 1. The van der Waals surface area contributed by atoms with Gasteiger partial charge in [0, 0.05) is 6.54 Å². The predicted octanol–water partition coefficient (Wildman–Crippen LogP) is 4.59. The number of anilines is 1.